The Morgan fingerprint density at radius 3 is 2.41 bits per heavy atom. The number of carbonyl (C=O) groups excluding carboxylic acids is 2. The van der Waals surface area contributed by atoms with E-state index < -0.39 is 6.03 Å². The Bertz CT molecular complexity index is 777. The first-order chi connectivity index (χ1) is 10.5. The van der Waals surface area contributed by atoms with Gasteiger partial charge in [0.05, 0.1) is 16.5 Å². The molecule has 2 aromatic carbocycles. The van der Waals surface area contributed by atoms with Gasteiger partial charge in [0.25, 0.3) is 0 Å². The fraction of sp³-hybridized carbons (Fsp3) is 0.0667. The molecule has 0 saturated carbocycles. The molecule has 3 N–H and O–H groups in total. The second-order valence-corrected chi connectivity index (χ2v) is 5.62. The minimum atomic E-state index is -0.414. The Morgan fingerprint density at radius 2 is 1.68 bits per heavy atom. The zero-order valence-corrected chi connectivity index (χ0v) is 12.8. The van der Waals surface area contributed by atoms with Gasteiger partial charge >= 0.3 is 6.03 Å². The van der Waals surface area contributed by atoms with Gasteiger partial charge in [0.1, 0.15) is 0 Å². The molecule has 0 aromatic heterocycles. The molecule has 0 aliphatic carbocycles. The molecule has 0 radical (unpaired) electrons. The van der Waals surface area contributed by atoms with Gasteiger partial charge in [-0.05, 0) is 35.9 Å². The monoisotopic (exact) mass is 335 g/mol. The van der Waals surface area contributed by atoms with Gasteiger partial charge in [0, 0.05) is 17.1 Å². The van der Waals surface area contributed by atoms with E-state index in [1.165, 1.54) is 0 Å². The second-order valence-electron chi connectivity index (χ2n) is 4.80. The van der Waals surface area contributed by atoms with E-state index >= 15 is 0 Å². The number of hydrogen-bond donors (Lipinski definition) is 3. The molecule has 22 heavy (non-hydrogen) atoms. The molecule has 112 valence electrons. The summed E-state index contributed by atoms with van der Waals surface area (Å²) in [6, 6.07) is 9.67. The van der Waals surface area contributed by atoms with Crippen molar-refractivity contribution >= 4 is 52.2 Å². The summed E-state index contributed by atoms with van der Waals surface area (Å²) in [4.78, 5) is 23.3. The molecule has 0 spiro atoms. The maximum atomic E-state index is 12.0. The maximum absolute atomic E-state index is 12.0. The fourth-order valence-electron chi connectivity index (χ4n) is 2.16. The molecule has 1 aliphatic heterocycles. The van der Waals surface area contributed by atoms with E-state index in [2.05, 4.69) is 16.0 Å². The largest absolute Gasteiger partial charge is 0.325 e. The molecular formula is C15H11Cl2N3O2. The van der Waals surface area contributed by atoms with Crippen molar-refractivity contribution in [3.8, 4) is 0 Å². The Kier molecular flexibility index (Phi) is 3.92. The van der Waals surface area contributed by atoms with Gasteiger partial charge in [-0.1, -0.05) is 29.3 Å². The number of anilines is 3. The predicted molar refractivity (Wildman–Crippen MR) is 87.9 cm³/mol. The minimum absolute atomic E-state index is 0.0487. The van der Waals surface area contributed by atoms with Crippen LogP contribution >= 0.6 is 23.2 Å². The lowest BCUT2D eigenvalue weighted by molar-refractivity contribution is -0.115. The summed E-state index contributed by atoms with van der Waals surface area (Å²) in [5, 5.41) is 8.86. The van der Waals surface area contributed by atoms with Crippen LogP contribution in [0, 0.1) is 0 Å². The van der Waals surface area contributed by atoms with E-state index in [-0.39, 0.29) is 5.91 Å². The van der Waals surface area contributed by atoms with Crippen LogP contribution in [0.25, 0.3) is 0 Å². The van der Waals surface area contributed by atoms with Crippen molar-refractivity contribution < 1.29 is 9.59 Å². The zero-order valence-electron chi connectivity index (χ0n) is 11.2. The van der Waals surface area contributed by atoms with Gasteiger partial charge in [-0.3, -0.25) is 4.79 Å². The van der Waals surface area contributed by atoms with Crippen molar-refractivity contribution in [2.75, 3.05) is 16.0 Å². The quantitative estimate of drug-likeness (QED) is 0.772. The molecule has 2 aromatic rings. The number of hydrogen-bond acceptors (Lipinski definition) is 2. The standard InChI is InChI=1S/C15H11Cl2N3O2/c16-11-4-3-9(6-12(11)17)18-15(22)19-10-2-1-8-5-14(21)20-13(8)7-10/h1-4,6-7H,5H2,(H,20,21)(H2,18,19,22). The van der Waals surface area contributed by atoms with Crippen LogP contribution in [-0.2, 0) is 11.2 Å². The van der Waals surface area contributed by atoms with Gasteiger partial charge in [-0.25, -0.2) is 4.79 Å². The van der Waals surface area contributed by atoms with Crippen LogP contribution in [0.3, 0.4) is 0 Å². The number of carbonyl (C=O) groups is 2. The Hall–Kier alpha value is -2.24. The van der Waals surface area contributed by atoms with E-state index in [9.17, 15) is 9.59 Å². The summed E-state index contributed by atoms with van der Waals surface area (Å²) in [6.07, 6.45) is 0.366. The van der Waals surface area contributed by atoms with Crippen molar-refractivity contribution in [1.82, 2.24) is 0 Å². The molecule has 0 unspecified atom stereocenters. The number of fused-ring (bicyclic) bond motifs is 1. The topological polar surface area (TPSA) is 70.2 Å². The molecular weight excluding hydrogens is 325 g/mol. The molecule has 0 saturated heterocycles. The number of halogens is 2. The summed E-state index contributed by atoms with van der Waals surface area (Å²) in [7, 11) is 0. The van der Waals surface area contributed by atoms with Gasteiger partial charge in [-0.15, -0.1) is 0 Å². The van der Waals surface area contributed by atoms with Gasteiger partial charge in [0.2, 0.25) is 5.91 Å². The van der Waals surface area contributed by atoms with Crippen molar-refractivity contribution in [1.29, 1.82) is 0 Å². The molecule has 1 aliphatic rings. The summed E-state index contributed by atoms with van der Waals surface area (Å²) in [5.41, 5.74) is 2.75. The highest BCUT2D eigenvalue weighted by Gasteiger charge is 2.17. The Labute approximate surface area is 136 Å². The first-order valence-corrected chi connectivity index (χ1v) is 7.23. The van der Waals surface area contributed by atoms with Crippen LogP contribution in [0.15, 0.2) is 36.4 Å². The van der Waals surface area contributed by atoms with Crippen LogP contribution < -0.4 is 16.0 Å². The Morgan fingerprint density at radius 1 is 1.00 bits per heavy atom. The zero-order chi connectivity index (χ0) is 15.7. The number of nitrogens with one attached hydrogen (secondary N) is 3. The van der Waals surface area contributed by atoms with Gasteiger partial charge < -0.3 is 16.0 Å². The fourth-order valence-corrected chi connectivity index (χ4v) is 2.46. The lowest BCUT2D eigenvalue weighted by atomic mass is 10.1. The maximum Gasteiger partial charge on any atom is 0.323 e. The van der Waals surface area contributed by atoms with Crippen LogP contribution in [-0.4, -0.2) is 11.9 Å². The molecule has 0 fully saturated rings. The highest BCUT2D eigenvalue weighted by atomic mass is 35.5. The molecule has 0 atom stereocenters. The summed E-state index contributed by atoms with van der Waals surface area (Å²) < 4.78 is 0. The molecule has 7 heteroatoms. The third-order valence-corrected chi connectivity index (χ3v) is 3.91. The van der Waals surface area contributed by atoms with Crippen molar-refractivity contribution in [2.45, 2.75) is 6.42 Å². The average Bonchev–Trinajstić information content (AvgIpc) is 2.82. The Balaban J connectivity index is 1.68. The normalized spacial score (nSPS) is 12.5. The smallest absolute Gasteiger partial charge is 0.323 e. The van der Waals surface area contributed by atoms with Crippen LogP contribution in [0.4, 0.5) is 21.9 Å². The van der Waals surface area contributed by atoms with E-state index in [0.717, 1.165) is 11.3 Å². The summed E-state index contributed by atoms with van der Waals surface area (Å²) in [5.74, 6) is -0.0487. The lowest BCUT2D eigenvalue weighted by Crippen LogP contribution is -2.19. The van der Waals surface area contributed by atoms with E-state index in [4.69, 9.17) is 23.2 Å². The summed E-state index contributed by atoms with van der Waals surface area (Å²) >= 11 is 11.7. The number of urea groups is 1. The molecule has 3 rings (SSSR count). The molecule has 1 heterocycles. The molecule has 3 amide bonds. The summed E-state index contributed by atoms with van der Waals surface area (Å²) in [6.45, 7) is 0. The van der Waals surface area contributed by atoms with Crippen LogP contribution in [0.5, 0.6) is 0 Å². The van der Waals surface area contributed by atoms with Crippen LogP contribution in [0.2, 0.25) is 10.0 Å². The molecule has 0 bridgehead atoms. The lowest BCUT2D eigenvalue weighted by Gasteiger charge is -2.09. The third-order valence-electron chi connectivity index (χ3n) is 3.17. The van der Waals surface area contributed by atoms with E-state index in [0.29, 0.717) is 27.8 Å². The first-order valence-electron chi connectivity index (χ1n) is 6.47. The van der Waals surface area contributed by atoms with Crippen molar-refractivity contribution in [3.63, 3.8) is 0 Å². The number of amides is 3. The number of rotatable bonds is 2. The average molecular weight is 336 g/mol. The predicted octanol–water partition coefficient (Wildman–Crippen LogP) is 4.13. The van der Waals surface area contributed by atoms with Crippen LogP contribution in [0.1, 0.15) is 5.56 Å². The first kappa shape index (κ1) is 14.7. The highest BCUT2D eigenvalue weighted by Crippen LogP contribution is 2.27. The third kappa shape index (κ3) is 3.16. The molecule has 5 nitrogen and oxygen atoms in total. The van der Waals surface area contributed by atoms with Crippen molar-refractivity contribution in [3.05, 3.63) is 52.0 Å². The van der Waals surface area contributed by atoms with E-state index in [1.54, 1.807) is 30.3 Å². The SMILES string of the molecule is O=C1Cc2ccc(NC(=O)Nc3ccc(Cl)c(Cl)c3)cc2N1. The second kappa shape index (κ2) is 5.87. The van der Waals surface area contributed by atoms with Gasteiger partial charge in [-0.2, -0.15) is 0 Å². The van der Waals surface area contributed by atoms with Crippen molar-refractivity contribution in [2.24, 2.45) is 0 Å². The number of benzene rings is 2. The van der Waals surface area contributed by atoms with Gasteiger partial charge in [0.15, 0.2) is 0 Å². The van der Waals surface area contributed by atoms with E-state index in [1.807, 2.05) is 6.07 Å². The minimum Gasteiger partial charge on any atom is -0.325 e. The highest BCUT2D eigenvalue weighted by molar-refractivity contribution is 6.42.